The predicted molar refractivity (Wildman–Crippen MR) is 138 cm³/mol. The second kappa shape index (κ2) is 8.00. The first-order valence-electron chi connectivity index (χ1n) is 11.5. The number of imidazole rings is 1. The Morgan fingerprint density at radius 2 is 2.03 bits per heavy atom. The van der Waals surface area contributed by atoms with E-state index in [1.807, 2.05) is 36.5 Å². The fourth-order valence-electron chi connectivity index (χ4n) is 4.41. The zero-order chi connectivity index (χ0) is 23.4. The molecule has 1 atom stereocenters. The van der Waals surface area contributed by atoms with Gasteiger partial charge in [0.15, 0.2) is 11.5 Å². The molecular weight excluding hydrogens is 458 g/mol. The zero-order valence-corrected chi connectivity index (χ0v) is 19.4. The Hall–Kier alpha value is -4.08. The van der Waals surface area contributed by atoms with Crippen LogP contribution in [0, 0.1) is 5.92 Å². The monoisotopic (exact) mass is 479 g/mol. The summed E-state index contributed by atoms with van der Waals surface area (Å²) in [4.78, 5) is 18.2. The molecule has 1 aliphatic rings. The summed E-state index contributed by atoms with van der Waals surface area (Å²) < 4.78 is 0. The minimum atomic E-state index is -0.532. The Morgan fingerprint density at radius 3 is 2.89 bits per heavy atom. The van der Waals surface area contributed by atoms with Crippen molar-refractivity contribution < 1.29 is 5.11 Å². The van der Waals surface area contributed by atoms with Crippen molar-refractivity contribution in [2.24, 2.45) is 5.92 Å². The number of fused-ring (bicyclic) bond motifs is 2. The molecule has 0 radical (unpaired) electrons. The van der Waals surface area contributed by atoms with Gasteiger partial charge in [0, 0.05) is 39.7 Å². The largest absolute Gasteiger partial charge is 0.374 e. The van der Waals surface area contributed by atoms with Gasteiger partial charge in [-0.1, -0.05) is 12.1 Å². The van der Waals surface area contributed by atoms with Crippen molar-refractivity contribution in [1.29, 1.82) is 0 Å². The molecule has 6 aromatic rings. The second-order valence-electron chi connectivity index (χ2n) is 8.84. The summed E-state index contributed by atoms with van der Waals surface area (Å²) in [6.45, 7) is 0. The lowest BCUT2D eigenvalue weighted by molar-refractivity contribution is 0.180. The van der Waals surface area contributed by atoms with Crippen molar-refractivity contribution in [1.82, 2.24) is 30.1 Å². The molecule has 0 saturated heterocycles. The molecule has 1 unspecified atom stereocenters. The molecule has 8 nitrogen and oxygen atoms in total. The number of hydrogen-bond acceptors (Lipinski definition) is 7. The summed E-state index contributed by atoms with van der Waals surface area (Å²) >= 11 is 1.69. The van der Waals surface area contributed by atoms with Crippen molar-refractivity contribution in [3.05, 3.63) is 66.4 Å². The van der Waals surface area contributed by atoms with E-state index in [1.165, 1.54) is 0 Å². The van der Waals surface area contributed by atoms with Gasteiger partial charge in [-0.05, 0) is 54.1 Å². The number of aromatic amines is 2. The predicted octanol–water partition coefficient (Wildman–Crippen LogP) is 5.43. The average Bonchev–Trinajstić information content (AvgIpc) is 3.26. The summed E-state index contributed by atoms with van der Waals surface area (Å²) in [6.07, 6.45) is 6.95. The highest BCUT2D eigenvalue weighted by molar-refractivity contribution is 7.13. The number of rotatable bonds is 6. The minimum absolute atomic E-state index is 0.335. The highest BCUT2D eigenvalue weighted by Gasteiger charge is 2.29. The van der Waals surface area contributed by atoms with Crippen LogP contribution in [0.2, 0.25) is 0 Å². The first kappa shape index (κ1) is 20.3. The van der Waals surface area contributed by atoms with Gasteiger partial charge in [-0.3, -0.25) is 10.1 Å². The van der Waals surface area contributed by atoms with Gasteiger partial charge < -0.3 is 15.4 Å². The van der Waals surface area contributed by atoms with Crippen molar-refractivity contribution in [2.75, 3.05) is 5.32 Å². The standard InChI is InChI=1S/C26H21N7OS/c34-26(14-3-4-14)29-17-10-16(12-27-13-17)15-5-6-20-19(11-15)23(33-32-20)25-30-22-18(21-2-1-9-35-21)7-8-28-24(22)31-25/h1-2,5-14,26,29,34H,3-4H2,(H,32,33)(H,28,30,31). The number of aliphatic hydroxyl groups is 1. The lowest BCUT2D eigenvalue weighted by Crippen LogP contribution is -2.20. The number of hydrogen-bond donors (Lipinski definition) is 4. The van der Waals surface area contributed by atoms with Gasteiger partial charge in [0.25, 0.3) is 0 Å². The maximum absolute atomic E-state index is 10.3. The summed E-state index contributed by atoms with van der Waals surface area (Å²) in [5.74, 6) is 1.00. The van der Waals surface area contributed by atoms with E-state index in [9.17, 15) is 5.11 Å². The summed E-state index contributed by atoms with van der Waals surface area (Å²) in [7, 11) is 0. The number of H-pyrrole nitrogens is 2. The number of aromatic nitrogens is 6. The Bertz CT molecular complexity index is 1670. The molecule has 5 heterocycles. The first-order chi connectivity index (χ1) is 17.2. The maximum atomic E-state index is 10.3. The van der Waals surface area contributed by atoms with Gasteiger partial charge in [0.2, 0.25) is 0 Å². The van der Waals surface area contributed by atoms with Crippen LogP contribution in [0.5, 0.6) is 0 Å². The lowest BCUT2D eigenvalue weighted by Gasteiger charge is -2.13. The summed E-state index contributed by atoms with van der Waals surface area (Å²) in [5, 5.41) is 24.1. The van der Waals surface area contributed by atoms with Crippen LogP contribution in [0.3, 0.4) is 0 Å². The normalized spacial score (nSPS) is 14.5. The second-order valence-corrected chi connectivity index (χ2v) is 9.79. The van der Waals surface area contributed by atoms with Crippen LogP contribution in [-0.2, 0) is 0 Å². The highest BCUT2D eigenvalue weighted by Crippen LogP contribution is 2.35. The molecule has 5 aromatic heterocycles. The molecule has 1 aromatic carbocycles. The highest BCUT2D eigenvalue weighted by atomic mass is 32.1. The van der Waals surface area contributed by atoms with E-state index in [4.69, 9.17) is 4.98 Å². The molecule has 1 aliphatic carbocycles. The number of pyridine rings is 2. The van der Waals surface area contributed by atoms with Gasteiger partial charge >= 0.3 is 0 Å². The Labute approximate surface area is 204 Å². The van der Waals surface area contributed by atoms with E-state index in [0.29, 0.717) is 17.4 Å². The Kier molecular flexibility index (Phi) is 4.64. The summed E-state index contributed by atoms with van der Waals surface area (Å²) in [6, 6.07) is 14.3. The van der Waals surface area contributed by atoms with Crippen LogP contribution in [0.4, 0.5) is 5.69 Å². The molecule has 0 spiro atoms. The molecule has 1 saturated carbocycles. The fraction of sp³-hybridized carbons (Fsp3) is 0.154. The van der Waals surface area contributed by atoms with Gasteiger partial charge in [-0.15, -0.1) is 11.3 Å². The number of benzene rings is 1. The Balaban J connectivity index is 1.28. The smallest absolute Gasteiger partial charge is 0.178 e. The van der Waals surface area contributed by atoms with E-state index < -0.39 is 6.23 Å². The van der Waals surface area contributed by atoms with Crippen LogP contribution in [-0.4, -0.2) is 41.5 Å². The minimum Gasteiger partial charge on any atom is -0.374 e. The molecule has 35 heavy (non-hydrogen) atoms. The SMILES string of the molecule is OC(Nc1cncc(-c2ccc3[nH]nc(-c4nc5nccc(-c6cccs6)c5[nH]4)c3c2)c1)C1CC1. The third-order valence-corrected chi connectivity index (χ3v) is 7.32. The molecule has 4 N–H and O–H groups in total. The molecular formula is C26H21N7OS. The third-order valence-electron chi connectivity index (χ3n) is 6.42. The number of nitrogens with one attached hydrogen (secondary N) is 3. The van der Waals surface area contributed by atoms with E-state index in [0.717, 1.165) is 62.2 Å². The maximum Gasteiger partial charge on any atom is 0.178 e. The molecule has 0 amide bonds. The van der Waals surface area contributed by atoms with Crippen LogP contribution in [0.1, 0.15) is 12.8 Å². The van der Waals surface area contributed by atoms with E-state index in [-0.39, 0.29) is 0 Å². The first-order valence-corrected chi connectivity index (χ1v) is 12.4. The Morgan fingerprint density at radius 1 is 1.09 bits per heavy atom. The topological polar surface area (TPSA) is 115 Å². The number of anilines is 1. The number of thiophene rings is 1. The number of nitrogens with zero attached hydrogens (tertiary/aromatic N) is 4. The van der Waals surface area contributed by atoms with Gasteiger partial charge in [-0.25, -0.2) is 9.97 Å². The molecule has 7 rings (SSSR count). The van der Waals surface area contributed by atoms with Crippen molar-refractivity contribution in [3.63, 3.8) is 0 Å². The third kappa shape index (κ3) is 3.65. The molecule has 1 fully saturated rings. The molecule has 172 valence electrons. The van der Waals surface area contributed by atoms with Gasteiger partial charge in [-0.2, -0.15) is 5.10 Å². The lowest BCUT2D eigenvalue weighted by atomic mass is 10.0. The fourth-order valence-corrected chi connectivity index (χ4v) is 5.17. The molecule has 9 heteroatoms. The quantitative estimate of drug-likeness (QED) is 0.237. The van der Waals surface area contributed by atoms with Gasteiger partial charge in [0.05, 0.1) is 22.9 Å². The molecule has 0 aliphatic heterocycles. The van der Waals surface area contributed by atoms with Crippen LogP contribution >= 0.6 is 11.3 Å². The van der Waals surface area contributed by atoms with Crippen LogP contribution in [0.15, 0.2) is 66.4 Å². The van der Waals surface area contributed by atoms with Crippen molar-refractivity contribution >= 4 is 39.1 Å². The summed E-state index contributed by atoms with van der Waals surface area (Å²) in [5.41, 5.74) is 7.06. The van der Waals surface area contributed by atoms with E-state index in [1.54, 1.807) is 23.7 Å². The van der Waals surface area contributed by atoms with E-state index >= 15 is 0 Å². The van der Waals surface area contributed by atoms with Gasteiger partial charge in [0.1, 0.15) is 11.9 Å². The van der Waals surface area contributed by atoms with E-state index in [2.05, 4.69) is 48.0 Å². The number of aliphatic hydroxyl groups excluding tert-OH is 1. The zero-order valence-electron chi connectivity index (χ0n) is 18.6. The van der Waals surface area contributed by atoms with Crippen molar-refractivity contribution in [2.45, 2.75) is 19.1 Å². The average molecular weight is 480 g/mol. The van der Waals surface area contributed by atoms with Crippen LogP contribution < -0.4 is 5.32 Å². The van der Waals surface area contributed by atoms with Crippen molar-refractivity contribution in [3.8, 4) is 33.1 Å². The van der Waals surface area contributed by atoms with Crippen LogP contribution in [0.25, 0.3) is 55.2 Å². The molecule has 0 bridgehead atoms.